The Bertz CT molecular complexity index is 1030. The van der Waals surface area contributed by atoms with E-state index in [1.165, 1.54) is 12.0 Å². The fraction of sp³-hybridized carbons (Fsp3) is 0.542. The number of nitrogens with one attached hydrogen (secondary N) is 1. The second-order valence-corrected chi connectivity index (χ2v) is 9.94. The third-order valence-electron chi connectivity index (χ3n) is 6.66. The topological polar surface area (TPSA) is 87.4 Å². The predicted molar refractivity (Wildman–Crippen MR) is 124 cm³/mol. The average Bonchev–Trinajstić information content (AvgIpc) is 3.41. The minimum absolute atomic E-state index is 0.0337. The molecule has 8 heteroatoms. The number of carbonyl (C=O) groups excluding carboxylic acids is 2. The van der Waals surface area contributed by atoms with E-state index in [0.29, 0.717) is 30.1 Å². The van der Waals surface area contributed by atoms with Crippen LogP contribution in [0.4, 0.5) is 5.00 Å². The van der Waals surface area contributed by atoms with E-state index in [4.69, 9.17) is 4.74 Å². The Kier molecular flexibility index (Phi) is 6.97. The number of nitrogens with zero attached hydrogens (tertiary/aromatic N) is 3. The lowest BCUT2D eigenvalue weighted by atomic mass is 9.89. The standard InChI is InChI=1S/C24H30N4O3S/c1-16-5-6-18-19(15-25)23(32-21(18)14-16)26-22(29)9-13-27-11-7-17(8-12-27)28-10-3-4-20(28)24(30)31-2/h3-4,10,16-17H,5-9,11-14H2,1-2H3,(H,26,29). The number of rotatable bonds is 6. The molecule has 0 radical (unpaired) electrons. The van der Waals surface area contributed by atoms with Crippen molar-refractivity contribution in [2.75, 3.05) is 32.1 Å². The molecule has 3 heterocycles. The molecule has 170 valence electrons. The highest BCUT2D eigenvalue weighted by molar-refractivity contribution is 7.16. The van der Waals surface area contributed by atoms with Gasteiger partial charge in [-0.05, 0) is 55.7 Å². The second-order valence-electron chi connectivity index (χ2n) is 8.83. The molecular weight excluding hydrogens is 424 g/mol. The molecule has 2 aromatic heterocycles. The number of carbonyl (C=O) groups is 2. The van der Waals surface area contributed by atoms with Crippen LogP contribution in [0.25, 0.3) is 0 Å². The number of ether oxygens (including phenoxy) is 1. The van der Waals surface area contributed by atoms with Crippen molar-refractivity contribution in [2.24, 2.45) is 5.92 Å². The number of likely N-dealkylation sites (tertiary alicyclic amines) is 1. The quantitative estimate of drug-likeness (QED) is 0.667. The first-order valence-electron chi connectivity index (χ1n) is 11.3. The number of methoxy groups -OCH3 is 1. The van der Waals surface area contributed by atoms with E-state index in [2.05, 4.69) is 23.2 Å². The molecular formula is C24H30N4O3S. The Hall–Kier alpha value is -2.63. The predicted octanol–water partition coefficient (Wildman–Crippen LogP) is 4.00. The lowest BCUT2D eigenvalue weighted by Crippen LogP contribution is -2.37. The van der Waals surface area contributed by atoms with Gasteiger partial charge in [0, 0.05) is 43.2 Å². The van der Waals surface area contributed by atoms with Crippen molar-refractivity contribution in [3.8, 4) is 6.07 Å². The van der Waals surface area contributed by atoms with Crippen LogP contribution in [0.1, 0.15) is 65.1 Å². The molecule has 1 atom stereocenters. The average molecular weight is 455 g/mol. The highest BCUT2D eigenvalue weighted by Crippen LogP contribution is 2.39. The number of hydrogen-bond donors (Lipinski definition) is 1. The van der Waals surface area contributed by atoms with Crippen molar-refractivity contribution >= 4 is 28.2 Å². The molecule has 0 bridgehead atoms. The zero-order chi connectivity index (χ0) is 22.7. The Morgan fingerprint density at radius 1 is 1.31 bits per heavy atom. The van der Waals surface area contributed by atoms with Crippen LogP contribution in [0.5, 0.6) is 0 Å². The Labute approximate surface area is 193 Å². The van der Waals surface area contributed by atoms with Gasteiger partial charge in [-0.1, -0.05) is 6.92 Å². The van der Waals surface area contributed by atoms with E-state index in [0.717, 1.165) is 55.8 Å². The summed E-state index contributed by atoms with van der Waals surface area (Å²) in [6, 6.07) is 6.25. The summed E-state index contributed by atoms with van der Waals surface area (Å²) in [5.41, 5.74) is 2.40. The molecule has 0 saturated carbocycles. The highest BCUT2D eigenvalue weighted by atomic mass is 32.1. The first-order chi connectivity index (χ1) is 15.5. The van der Waals surface area contributed by atoms with Crippen molar-refractivity contribution < 1.29 is 14.3 Å². The first kappa shape index (κ1) is 22.6. The molecule has 1 N–H and O–H groups in total. The van der Waals surface area contributed by atoms with Gasteiger partial charge in [-0.3, -0.25) is 4.79 Å². The fourth-order valence-electron chi connectivity index (χ4n) is 4.82. The van der Waals surface area contributed by atoms with Crippen molar-refractivity contribution in [3.63, 3.8) is 0 Å². The smallest absolute Gasteiger partial charge is 0.354 e. The SMILES string of the molecule is COC(=O)c1cccn1C1CCN(CCC(=O)Nc2sc3c(c2C#N)CCC(C)C3)CC1. The Morgan fingerprint density at radius 2 is 2.09 bits per heavy atom. The number of thiophene rings is 1. The summed E-state index contributed by atoms with van der Waals surface area (Å²) in [4.78, 5) is 28.1. The van der Waals surface area contributed by atoms with E-state index in [1.807, 2.05) is 16.8 Å². The van der Waals surface area contributed by atoms with Crippen LogP contribution in [0.3, 0.4) is 0 Å². The zero-order valence-electron chi connectivity index (χ0n) is 18.7. The molecule has 1 aliphatic carbocycles. The normalized spacial score (nSPS) is 19.2. The number of fused-ring (bicyclic) bond motifs is 1. The molecule has 1 fully saturated rings. The lowest BCUT2D eigenvalue weighted by Gasteiger charge is -2.33. The van der Waals surface area contributed by atoms with E-state index in [1.54, 1.807) is 17.4 Å². The van der Waals surface area contributed by atoms with Gasteiger partial charge in [0.1, 0.15) is 16.8 Å². The van der Waals surface area contributed by atoms with Crippen molar-refractivity contribution in [2.45, 2.75) is 51.5 Å². The number of aromatic nitrogens is 1. The van der Waals surface area contributed by atoms with Crippen LogP contribution in [-0.4, -0.2) is 48.1 Å². The minimum Gasteiger partial charge on any atom is -0.464 e. The van der Waals surface area contributed by atoms with E-state index in [-0.39, 0.29) is 17.9 Å². The third-order valence-corrected chi connectivity index (χ3v) is 7.83. The monoisotopic (exact) mass is 454 g/mol. The van der Waals surface area contributed by atoms with Gasteiger partial charge in [-0.25, -0.2) is 4.79 Å². The molecule has 1 amide bonds. The van der Waals surface area contributed by atoms with E-state index >= 15 is 0 Å². The van der Waals surface area contributed by atoms with Crippen molar-refractivity contribution in [3.05, 3.63) is 40.0 Å². The highest BCUT2D eigenvalue weighted by Gasteiger charge is 2.26. The van der Waals surface area contributed by atoms with Gasteiger partial charge in [0.05, 0.1) is 12.7 Å². The van der Waals surface area contributed by atoms with Crippen LogP contribution < -0.4 is 5.32 Å². The summed E-state index contributed by atoms with van der Waals surface area (Å²) >= 11 is 1.58. The third kappa shape index (κ3) is 4.74. The van der Waals surface area contributed by atoms with Crippen molar-refractivity contribution in [1.29, 1.82) is 5.26 Å². The number of anilines is 1. The van der Waals surface area contributed by atoms with Gasteiger partial charge < -0.3 is 19.5 Å². The maximum atomic E-state index is 12.6. The van der Waals surface area contributed by atoms with Gasteiger partial charge in [0.2, 0.25) is 5.91 Å². The summed E-state index contributed by atoms with van der Waals surface area (Å²) in [7, 11) is 1.40. The van der Waals surface area contributed by atoms with Gasteiger partial charge in [-0.15, -0.1) is 11.3 Å². The molecule has 1 aliphatic heterocycles. The molecule has 2 aliphatic rings. The summed E-state index contributed by atoms with van der Waals surface area (Å²) < 4.78 is 6.89. The lowest BCUT2D eigenvalue weighted by molar-refractivity contribution is -0.116. The molecule has 2 aromatic rings. The summed E-state index contributed by atoms with van der Waals surface area (Å²) in [6.07, 6.45) is 7.23. The number of nitriles is 1. The van der Waals surface area contributed by atoms with Crippen LogP contribution in [0.2, 0.25) is 0 Å². The summed E-state index contributed by atoms with van der Waals surface area (Å²) in [5.74, 6) is 0.290. The summed E-state index contributed by atoms with van der Waals surface area (Å²) in [6.45, 7) is 4.69. The van der Waals surface area contributed by atoms with Crippen molar-refractivity contribution in [1.82, 2.24) is 9.47 Å². The fourth-order valence-corrected chi connectivity index (χ4v) is 6.19. The minimum atomic E-state index is -0.310. The Morgan fingerprint density at radius 3 is 2.81 bits per heavy atom. The zero-order valence-corrected chi connectivity index (χ0v) is 19.5. The molecule has 7 nitrogen and oxygen atoms in total. The van der Waals surface area contributed by atoms with Crippen LogP contribution in [0.15, 0.2) is 18.3 Å². The maximum absolute atomic E-state index is 12.6. The molecule has 4 rings (SSSR count). The molecule has 1 unspecified atom stereocenters. The van der Waals surface area contributed by atoms with E-state index < -0.39 is 0 Å². The van der Waals surface area contributed by atoms with Gasteiger partial charge in [-0.2, -0.15) is 5.26 Å². The van der Waals surface area contributed by atoms with Crippen LogP contribution in [0, 0.1) is 17.2 Å². The van der Waals surface area contributed by atoms with Gasteiger partial charge in [0.15, 0.2) is 0 Å². The van der Waals surface area contributed by atoms with Gasteiger partial charge in [0.25, 0.3) is 0 Å². The second kappa shape index (κ2) is 9.88. The van der Waals surface area contributed by atoms with Crippen LogP contribution >= 0.6 is 11.3 Å². The maximum Gasteiger partial charge on any atom is 0.354 e. The number of hydrogen-bond acceptors (Lipinski definition) is 6. The van der Waals surface area contributed by atoms with E-state index in [9.17, 15) is 14.9 Å². The summed E-state index contributed by atoms with van der Waals surface area (Å²) in [5, 5.41) is 13.3. The number of piperidine rings is 1. The Balaban J connectivity index is 1.28. The number of amides is 1. The molecule has 32 heavy (non-hydrogen) atoms. The largest absolute Gasteiger partial charge is 0.464 e. The van der Waals surface area contributed by atoms with Gasteiger partial charge >= 0.3 is 5.97 Å². The van der Waals surface area contributed by atoms with Crippen LogP contribution in [-0.2, 0) is 22.4 Å². The molecule has 1 saturated heterocycles. The molecule has 0 aromatic carbocycles. The molecule has 0 spiro atoms. The number of esters is 1. The first-order valence-corrected chi connectivity index (χ1v) is 12.1.